The van der Waals surface area contributed by atoms with E-state index in [0.29, 0.717) is 0 Å². The van der Waals surface area contributed by atoms with Gasteiger partial charge in [-0.05, 0) is 28.8 Å². The Kier molecular flexibility index (Phi) is 2.61. The molecule has 0 amide bonds. The fourth-order valence-corrected chi connectivity index (χ4v) is 2.46. The third kappa shape index (κ3) is 2.08. The van der Waals surface area contributed by atoms with Crippen LogP contribution in [0, 0.1) is 0 Å². The number of hydrogen-bond donors (Lipinski definition) is 0. The van der Waals surface area contributed by atoms with E-state index in [9.17, 15) is 4.79 Å². The van der Waals surface area contributed by atoms with Crippen LogP contribution in [0.1, 0.15) is 5.56 Å². The van der Waals surface area contributed by atoms with Crippen molar-refractivity contribution in [3.05, 3.63) is 43.6 Å². The molecule has 0 unspecified atom stereocenters. The molecule has 2 nitrogen and oxygen atoms in total. The van der Waals surface area contributed by atoms with Gasteiger partial charge in [-0.15, -0.1) is 0 Å². The Morgan fingerprint density at radius 3 is 2.92 bits per heavy atom. The van der Waals surface area contributed by atoms with Crippen LogP contribution in [0.5, 0.6) is 0 Å². The molecule has 0 aliphatic heterocycles. The van der Waals surface area contributed by atoms with Gasteiger partial charge in [-0.1, -0.05) is 11.3 Å². The third-order valence-corrected chi connectivity index (χ3v) is 3.29. The van der Waals surface area contributed by atoms with Gasteiger partial charge in [0.2, 0.25) is 0 Å². The molecule has 0 fully saturated rings. The molecule has 13 heavy (non-hydrogen) atoms. The first-order chi connectivity index (χ1) is 6.36. The van der Waals surface area contributed by atoms with Crippen molar-refractivity contribution in [1.29, 1.82) is 0 Å². The van der Waals surface area contributed by atoms with E-state index in [4.69, 9.17) is 0 Å². The maximum Gasteiger partial charge on any atom is 0.307 e. The van der Waals surface area contributed by atoms with Crippen LogP contribution >= 0.6 is 22.7 Å². The van der Waals surface area contributed by atoms with E-state index in [2.05, 4.69) is 16.8 Å². The van der Waals surface area contributed by atoms with Gasteiger partial charge in [0.25, 0.3) is 0 Å². The van der Waals surface area contributed by atoms with E-state index in [1.807, 2.05) is 11.6 Å². The second-order valence-electron chi connectivity index (χ2n) is 2.74. The van der Waals surface area contributed by atoms with Gasteiger partial charge in [0.1, 0.15) is 0 Å². The van der Waals surface area contributed by atoms with Crippen molar-refractivity contribution in [3.63, 3.8) is 0 Å². The Bertz CT molecular complexity index is 413. The molecule has 0 atom stereocenters. The highest BCUT2D eigenvalue weighted by molar-refractivity contribution is 7.08. The minimum Gasteiger partial charge on any atom is -0.306 e. The monoisotopic (exact) mass is 211 g/mol. The Hall–Kier alpha value is -0.870. The van der Waals surface area contributed by atoms with Gasteiger partial charge in [-0.2, -0.15) is 11.3 Å². The van der Waals surface area contributed by atoms with Crippen molar-refractivity contribution >= 4 is 22.7 Å². The Labute approximate surface area is 84.1 Å². The number of aryl methyl sites for hydroxylation is 2. The van der Waals surface area contributed by atoms with Crippen LogP contribution in [-0.4, -0.2) is 4.57 Å². The normalized spacial score (nSPS) is 10.5. The van der Waals surface area contributed by atoms with Gasteiger partial charge >= 0.3 is 4.87 Å². The minimum absolute atomic E-state index is 0.134. The predicted molar refractivity (Wildman–Crippen MR) is 56.6 cm³/mol. The second kappa shape index (κ2) is 3.89. The quantitative estimate of drug-likeness (QED) is 0.763. The van der Waals surface area contributed by atoms with E-state index in [1.165, 1.54) is 16.9 Å². The largest absolute Gasteiger partial charge is 0.307 e. The van der Waals surface area contributed by atoms with E-state index in [-0.39, 0.29) is 4.87 Å². The lowest BCUT2D eigenvalue weighted by Gasteiger charge is -1.97. The van der Waals surface area contributed by atoms with Crippen LogP contribution in [-0.2, 0) is 13.0 Å². The van der Waals surface area contributed by atoms with Gasteiger partial charge in [0.05, 0.1) is 0 Å². The Morgan fingerprint density at radius 2 is 2.31 bits per heavy atom. The van der Waals surface area contributed by atoms with Crippen molar-refractivity contribution in [1.82, 2.24) is 4.57 Å². The highest BCUT2D eigenvalue weighted by Gasteiger charge is 1.97. The molecule has 0 saturated carbocycles. The van der Waals surface area contributed by atoms with Gasteiger partial charge in [-0.3, -0.25) is 4.79 Å². The first-order valence-corrected chi connectivity index (χ1v) is 5.83. The molecule has 2 rings (SSSR count). The number of nitrogens with zero attached hydrogens (tertiary/aromatic N) is 1. The summed E-state index contributed by atoms with van der Waals surface area (Å²) in [6.45, 7) is 0.791. The number of thiophene rings is 1. The zero-order chi connectivity index (χ0) is 9.10. The van der Waals surface area contributed by atoms with Crippen molar-refractivity contribution in [3.8, 4) is 0 Å². The zero-order valence-corrected chi connectivity index (χ0v) is 8.61. The summed E-state index contributed by atoms with van der Waals surface area (Å²) >= 11 is 2.95. The molecule has 0 aromatic carbocycles. The fraction of sp³-hybridized carbons (Fsp3) is 0.222. The predicted octanol–water partition coefficient (Wildman–Crippen LogP) is 2.21. The molecule has 68 valence electrons. The number of aromatic nitrogens is 1. The lowest BCUT2D eigenvalue weighted by molar-refractivity contribution is 0.687. The summed E-state index contributed by atoms with van der Waals surface area (Å²) in [6, 6.07) is 2.10. The zero-order valence-electron chi connectivity index (χ0n) is 6.97. The van der Waals surface area contributed by atoms with Crippen LogP contribution in [0.15, 0.2) is 33.2 Å². The van der Waals surface area contributed by atoms with Crippen LogP contribution in [0.2, 0.25) is 0 Å². The average molecular weight is 211 g/mol. The molecule has 2 aromatic heterocycles. The van der Waals surface area contributed by atoms with E-state index in [1.54, 1.807) is 15.9 Å². The maximum absolute atomic E-state index is 11.2. The summed E-state index contributed by atoms with van der Waals surface area (Å²) < 4.78 is 1.75. The smallest absolute Gasteiger partial charge is 0.306 e. The molecular formula is C9H9NOS2. The topological polar surface area (TPSA) is 22.0 Å². The number of thiazole rings is 1. The second-order valence-corrected chi connectivity index (χ2v) is 4.38. The van der Waals surface area contributed by atoms with Crippen LogP contribution in [0.3, 0.4) is 0 Å². The van der Waals surface area contributed by atoms with Crippen molar-refractivity contribution < 1.29 is 0 Å². The lowest BCUT2D eigenvalue weighted by Crippen LogP contribution is -2.12. The van der Waals surface area contributed by atoms with Gasteiger partial charge in [0.15, 0.2) is 0 Å². The SMILES string of the molecule is O=c1sccn1CCc1ccsc1. The van der Waals surface area contributed by atoms with Crippen LogP contribution < -0.4 is 4.87 Å². The molecule has 0 bridgehead atoms. The van der Waals surface area contributed by atoms with E-state index in [0.717, 1.165) is 13.0 Å². The molecule has 2 aromatic rings. The summed E-state index contributed by atoms with van der Waals surface area (Å²) in [7, 11) is 0. The molecule has 4 heteroatoms. The number of hydrogen-bond acceptors (Lipinski definition) is 3. The van der Waals surface area contributed by atoms with Crippen molar-refractivity contribution in [2.75, 3.05) is 0 Å². The molecule has 0 spiro atoms. The number of rotatable bonds is 3. The van der Waals surface area contributed by atoms with Crippen molar-refractivity contribution in [2.45, 2.75) is 13.0 Å². The van der Waals surface area contributed by atoms with Gasteiger partial charge in [0, 0.05) is 18.1 Å². The average Bonchev–Trinajstić information content (AvgIpc) is 2.72. The highest BCUT2D eigenvalue weighted by atomic mass is 32.1. The van der Waals surface area contributed by atoms with Crippen molar-refractivity contribution in [2.24, 2.45) is 0 Å². The molecule has 0 radical (unpaired) electrons. The summed E-state index contributed by atoms with van der Waals surface area (Å²) in [4.78, 5) is 11.3. The maximum atomic E-state index is 11.2. The lowest BCUT2D eigenvalue weighted by atomic mass is 10.2. The molecule has 2 heterocycles. The van der Waals surface area contributed by atoms with Gasteiger partial charge < -0.3 is 4.57 Å². The molecule has 0 aliphatic rings. The summed E-state index contributed by atoms with van der Waals surface area (Å²) in [5, 5.41) is 6.01. The molecule has 0 N–H and O–H groups in total. The molecule has 0 saturated heterocycles. The van der Waals surface area contributed by atoms with E-state index >= 15 is 0 Å². The molecule has 0 aliphatic carbocycles. The van der Waals surface area contributed by atoms with Crippen LogP contribution in [0.4, 0.5) is 0 Å². The Balaban J connectivity index is 2.01. The van der Waals surface area contributed by atoms with E-state index < -0.39 is 0 Å². The Morgan fingerprint density at radius 1 is 1.38 bits per heavy atom. The third-order valence-electron chi connectivity index (χ3n) is 1.87. The fourth-order valence-electron chi connectivity index (χ4n) is 1.14. The summed E-state index contributed by atoms with van der Waals surface area (Å²) in [6.07, 6.45) is 2.79. The minimum atomic E-state index is 0.134. The summed E-state index contributed by atoms with van der Waals surface area (Å²) in [5.41, 5.74) is 1.31. The first kappa shape index (κ1) is 8.72. The first-order valence-electron chi connectivity index (χ1n) is 4.01. The highest BCUT2D eigenvalue weighted by Crippen LogP contribution is 2.07. The molecular weight excluding hydrogens is 202 g/mol. The van der Waals surface area contributed by atoms with Gasteiger partial charge in [-0.25, -0.2) is 0 Å². The standard InChI is InChI=1S/C9H9NOS2/c11-9-10(4-6-13-9)3-1-8-2-5-12-7-8/h2,4-7H,1,3H2. The summed E-state index contributed by atoms with van der Waals surface area (Å²) in [5.74, 6) is 0. The van der Waals surface area contributed by atoms with Crippen LogP contribution in [0.25, 0.3) is 0 Å².